The van der Waals surface area contributed by atoms with Crippen molar-refractivity contribution in [3.63, 3.8) is 0 Å². The van der Waals surface area contributed by atoms with Gasteiger partial charge in [-0.3, -0.25) is 4.79 Å². The third-order valence-corrected chi connectivity index (χ3v) is 12.0. The molecule has 3 fully saturated rings. The van der Waals surface area contributed by atoms with E-state index in [-0.39, 0.29) is 24.3 Å². The summed E-state index contributed by atoms with van der Waals surface area (Å²) in [4.78, 5) is 16.2. The van der Waals surface area contributed by atoms with Gasteiger partial charge in [0.25, 0.3) is 10.0 Å². The molecule has 4 rings (SSSR count). The Morgan fingerprint density at radius 1 is 0.909 bits per heavy atom. The molecule has 8 nitrogen and oxygen atoms in total. The average Bonchev–Trinajstić information content (AvgIpc) is 3.25. The van der Waals surface area contributed by atoms with Gasteiger partial charge in [-0.2, -0.15) is 8.61 Å². The fourth-order valence-corrected chi connectivity index (χ4v) is 9.40. The van der Waals surface area contributed by atoms with Gasteiger partial charge in [0.2, 0.25) is 15.9 Å². The number of piperazine rings is 1. The molecule has 186 valence electrons. The molecule has 0 aromatic carbocycles. The minimum absolute atomic E-state index is 0.0359. The van der Waals surface area contributed by atoms with E-state index in [2.05, 4.69) is 0 Å². The van der Waals surface area contributed by atoms with Crippen LogP contribution in [-0.4, -0.2) is 81.8 Å². The number of nitrogens with zero attached hydrogens (tertiary/aromatic N) is 3. The summed E-state index contributed by atoms with van der Waals surface area (Å²) in [6, 6.07) is 3.49. The van der Waals surface area contributed by atoms with E-state index >= 15 is 0 Å². The lowest BCUT2D eigenvalue weighted by atomic mass is 9.74. The van der Waals surface area contributed by atoms with E-state index in [1.54, 1.807) is 15.3 Å². The monoisotopic (exact) mass is 517 g/mol. The molecule has 0 radical (unpaired) electrons. The summed E-state index contributed by atoms with van der Waals surface area (Å²) in [5.41, 5.74) is 0. The molecule has 0 bridgehead atoms. The number of sulfonamides is 2. The van der Waals surface area contributed by atoms with E-state index in [0.717, 1.165) is 17.7 Å². The highest BCUT2D eigenvalue weighted by Gasteiger charge is 2.42. The van der Waals surface area contributed by atoms with Gasteiger partial charge in [-0.05, 0) is 37.3 Å². The molecule has 3 aliphatic rings. The molecule has 1 amide bonds. The van der Waals surface area contributed by atoms with Crippen LogP contribution in [0.25, 0.3) is 0 Å². The molecule has 2 atom stereocenters. The molecule has 1 aromatic rings. The number of piperidine rings is 1. The van der Waals surface area contributed by atoms with Gasteiger partial charge in [0.1, 0.15) is 4.21 Å². The van der Waals surface area contributed by atoms with Crippen molar-refractivity contribution < 1.29 is 21.6 Å². The van der Waals surface area contributed by atoms with Gasteiger partial charge in [-0.25, -0.2) is 16.8 Å². The van der Waals surface area contributed by atoms with Crippen LogP contribution in [0.1, 0.15) is 43.4 Å². The zero-order valence-corrected chi connectivity index (χ0v) is 21.9. The summed E-state index contributed by atoms with van der Waals surface area (Å²) in [5, 5.41) is 0. The van der Waals surface area contributed by atoms with Crippen molar-refractivity contribution >= 4 is 37.3 Å². The SMILES string of the molecule is Cc1ccc(S(=O)(=O)N2C[C@@H](C(=O)N3CCN(S(C)(=O)=O)CC3)C[C@@H](C3CCCCC3)C2)s1. The molecule has 2 aliphatic heterocycles. The zero-order chi connectivity index (χ0) is 23.8. The molecule has 0 spiro atoms. The van der Waals surface area contributed by atoms with Gasteiger partial charge < -0.3 is 4.90 Å². The van der Waals surface area contributed by atoms with Crippen molar-refractivity contribution in [3.8, 4) is 0 Å². The van der Waals surface area contributed by atoms with Crippen LogP contribution in [-0.2, 0) is 24.8 Å². The molecule has 1 aliphatic carbocycles. The molecule has 1 saturated carbocycles. The Kier molecular flexibility index (Phi) is 7.55. The first kappa shape index (κ1) is 25.1. The number of rotatable bonds is 5. The van der Waals surface area contributed by atoms with Crippen molar-refractivity contribution in [3.05, 3.63) is 17.0 Å². The molecular formula is C22H35N3O5S3. The molecule has 11 heteroatoms. The van der Waals surface area contributed by atoms with Crippen LogP contribution in [0.4, 0.5) is 0 Å². The van der Waals surface area contributed by atoms with Crippen LogP contribution in [0.5, 0.6) is 0 Å². The second-order valence-corrected chi connectivity index (χ2v) is 15.2. The topological polar surface area (TPSA) is 95.1 Å². The third-order valence-electron chi connectivity index (χ3n) is 7.44. The predicted octanol–water partition coefficient (Wildman–Crippen LogP) is 2.37. The van der Waals surface area contributed by atoms with Crippen LogP contribution in [0.3, 0.4) is 0 Å². The smallest absolute Gasteiger partial charge is 0.252 e. The second kappa shape index (κ2) is 9.93. The van der Waals surface area contributed by atoms with Gasteiger partial charge >= 0.3 is 0 Å². The minimum atomic E-state index is -3.64. The highest BCUT2D eigenvalue weighted by Crippen LogP contribution is 2.39. The van der Waals surface area contributed by atoms with E-state index in [1.807, 2.05) is 13.0 Å². The Morgan fingerprint density at radius 2 is 1.58 bits per heavy atom. The maximum Gasteiger partial charge on any atom is 0.252 e. The number of carbonyl (C=O) groups excluding carboxylic acids is 1. The first-order valence-corrected chi connectivity index (χ1v) is 16.0. The third kappa shape index (κ3) is 5.63. The van der Waals surface area contributed by atoms with Crippen LogP contribution in [0, 0.1) is 24.7 Å². The summed E-state index contributed by atoms with van der Waals surface area (Å²) in [6.07, 6.45) is 7.68. The average molecular weight is 518 g/mol. The summed E-state index contributed by atoms with van der Waals surface area (Å²) in [7, 11) is -6.92. The van der Waals surface area contributed by atoms with Crippen molar-refractivity contribution in [2.45, 2.75) is 49.7 Å². The van der Waals surface area contributed by atoms with Crippen LogP contribution < -0.4 is 0 Å². The fourth-order valence-electron chi connectivity index (χ4n) is 5.59. The number of aryl methyl sites for hydroxylation is 1. The van der Waals surface area contributed by atoms with E-state index in [0.29, 0.717) is 49.3 Å². The Labute approximate surface area is 202 Å². The molecule has 0 unspecified atom stereocenters. The van der Waals surface area contributed by atoms with E-state index in [1.165, 1.54) is 41.2 Å². The molecule has 3 heterocycles. The number of hydrogen-bond acceptors (Lipinski definition) is 6. The zero-order valence-electron chi connectivity index (χ0n) is 19.5. The highest BCUT2D eigenvalue weighted by atomic mass is 32.2. The summed E-state index contributed by atoms with van der Waals surface area (Å²) < 4.78 is 53.9. The standard InChI is InChI=1S/C22H35N3O5S3/c1-17-8-9-21(31-17)33(29,30)25-15-19(18-6-4-3-5-7-18)14-20(16-25)22(26)23-10-12-24(13-11-23)32(2,27)28/h8-9,18-20H,3-7,10-16H2,1-2H3/t19-,20+/m1/s1. The first-order valence-electron chi connectivity index (χ1n) is 11.9. The Hall–Kier alpha value is -1.01. The van der Waals surface area contributed by atoms with Gasteiger partial charge in [0.15, 0.2) is 0 Å². The molecule has 33 heavy (non-hydrogen) atoms. The normalized spacial score (nSPS) is 27.0. The van der Waals surface area contributed by atoms with Crippen LogP contribution in [0.2, 0.25) is 0 Å². The van der Waals surface area contributed by atoms with Gasteiger partial charge in [-0.15, -0.1) is 11.3 Å². The van der Waals surface area contributed by atoms with Gasteiger partial charge in [0.05, 0.1) is 12.2 Å². The van der Waals surface area contributed by atoms with Crippen molar-refractivity contribution in [2.75, 3.05) is 45.5 Å². The Balaban J connectivity index is 1.53. The van der Waals surface area contributed by atoms with E-state index in [4.69, 9.17) is 0 Å². The number of carbonyl (C=O) groups is 1. The summed E-state index contributed by atoms with van der Waals surface area (Å²) in [5.74, 6) is 0.220. The maximum absolute atomic E-state index is 13.5. The maximum atomic E-state index is 13.5. The van der Waals surface area contributed by atoms with Crippen LogP contribution in [0.15, 0.2) is 16.3 Å². The molecule has 0 N–H and O–H groups in total. The first-order chi connectivity index (χ1) is 15.6. The summed E-state index contributed by atoms with van der Waals surface area (Å²) in [6.45, 7) is 3.87. The van der Waals surface area contributed by atoms with Gasteiger partial charge in [0, 0.05) is 44.1 Å². The largest absolute Gasteiger partial charge is 0.340 e. The van der Waals surface area contributed by atoms with E-state index < -0.39 is 20.0 Å². The molecule has 2 saturated heterocycles. The fraction of sp³-hybridized carbons (Fsp3) is 0.773. The van der Waals surface area contributed by atoms with Crippen molar-refractivity contribution in [2.24, 2.45) is 17.8 Å². The highest BCUT2D eigenvalue weighted by molar-refractivity contribution is 7.91. The van der Waals surface area contributed by atoms with Crippen LogP contribution >= 0.6 is 11.3 Å². The van der Waals surface area contributed by atoms with Crippen molar-refractivity contribution in [1.29, 1.82) is 0 Å². The molecular weight excluding hydrogens is 482 g/mol. The quantitative estimate of drug-likeness (QED) is 0.598. The Bertz CT molecular complexity index is 1050. The van der Waals surface area contributed by atoms with E-state index in [9.17, 15) is 21.6 Å². The lowest BCUT2D eigenvalue weighted by Gasteiger charge is -2.43. The molecule has 1 aromatic heterocycles. The number of amides is 1. The lowest BCUT2D eigenvalue weighted by Crippen LogP contribution is -2.55. The van der Waals surface area contributed by atoms with Gasteiger partial charge in [-0.1, -0.05) is 32.1 Å². The number of hydrogen-bond donors (Lipinski definition) is 0. The Morgan fingerprint density at radius 3 is 2.15 bits per heavy atom. The number of thiophene rings is 1. The van der Waals surface area contributed by atoms with Crippen molar-refractivity contribution in [1.82, 2.24) is 13.5 Å². The summed E-state index contributed by atoms with van der Waals surface area (Å²) >= 11 is 1.28. The predicted molar refractivity (Wildman–Crippen MR) is 129 cm³/mol. The second-order valence-electron chi connectivity index (χ2n) is 9.77. The minimum Gasteiger partial charge on any atom is -0.340 e. The lowest BCUT2D eigenvalue weighted by molar-refractivity contribution is -0.139.